The molecule has 0 spiro atoms. The third-order valence-electron chi connectivity index (χ3n) is 4.29. The molecule has 0 unspecified atom stereocenters. The van der Waals surface area contributed by atoms with E-state index < -0.39 is 5.91 Å². The second-order valence-corrected chi connectivity index (χ2v) is 6.23. The number of ether oxygens (including phenoxy) is 1. The van der Waals surface area contributed by atoms with E-state index in [1.807, 2.05) is 48.5 Å². The Kier molecular flexibility index (Phi) is 6.04. The predicted molar refractivity (Wildman–Crippen MR) is 99.4 cm³/mol. The standard InChI is InChI=1S/C20H21N3O4/c24-18-11-10-15(12-21-18)20(26)23-22-19(25)13-27-17-9-5-4-8-16(17)14-6-2-1-3-7-14/h1-9,15H,10-13H2,(H,21,24)(H,22,25)(H,23,26)/t15-/m0/s1. The summed E-state index contributed by atoms with van der Waals surface area (Å²) >= 11 is 0. The van der Waals surface area contributed by atoms with Gasteiger partial charge in [-0.2, -0.15) is 0 Å². The fraction of sp³-hybridized carbons (Fsp3) is 0.250. The number of amides is 3. The topological polar surface area (TPSA) is 96.5 Å². The Bertz CT molecular complexity index is 813. The number of para-hydroxylation sites is 1. The lowest BCUT2D eigenvalue weighted by Gasteiger charge is -2.21. The zero-order valence-electron chi connectivity index (χ0n) is 14.7. The largest absolute Gasteiger partial charge is 0.483 e. The molecular formula is C20H21N3O4. The third kappa shape index (κ3) is 5.07. The summed E-state index contributed by atoms with van der Waals surface area (Å²) in [6, 6.07) is 17.2. The number of benzene rings is 2. The van der Waals surface area contributed by atoms with E-state index in [1.54, 1.807) is 6.07 Å². The van der Waals surface area contributed by atoms with Crippen LogP contribution in [0.3, 0.4) is 0 Å². The summed E-state index contributed by atoms with van der Waals surface area (Å²) < 4.78 is 5.62. The lowest BCUT2D eigenvalue weighted by molar-refractivity contribution is -0.133. The maximum Gasteiger partial charge on any atom is 0.276 e. The maximum absolute atomic E-state index is 12.0. The SMILES string of the molecule is O=C1CC[C@H](C(=O)NNC(=O)COc2ccccc2-c2ccccc2)CN1. The van der Waals surface area contributed by atoms with E-state index >= 15 is 0 Å². The van der Waals surface area contributed by atoms with E-state index in [0.717, 1.165) is 11.1 Å². The Morgan fingerprint density at radius 3 is 2.52 bits per heavy atom. The van der Waals surface area contributed by atoms with Gasteiger partial charge >= 0.3 is 0 Å². The number of hydrogen-bond acceptors (Lipinski definition) is 4. The molecule has 3 N–H and O–H groups in total. The van der Waals surface area contributed by atoms with Gasteiger partial charge in [0.25, 0.3) is 5.91 Å². The molecule has 1 heterocycles. The second-order valence-electron chi connectivity index (χ2n) is 6.23. The van der Waals surface area contributed by atoms with Crippen molar-refractivity contribution in [2.75, 3.05) is 13.2 Å². The van der Waals surface area contributed by atoms with Gasteiger partial charge in [-0.3, -0.25) is 25.2 Å². The van der Waals surface area contributed by atoms with E-state index in [2.05, 4.69) is 16.2 Å². The Labute approximate surface area is 157 Å². The number of hydrazine groups is 1. The lowest BCUT2D eigenvalue weighted by atomic mass is 9.99. The number of nitrogens with one attached hydrogen (secondary N) is 3. The summed E-state index contributed by atoms with van der Waals surface area (Å²) in [5, 5.41) is 2.63. The van der Waals surface area contributed by atoms with Gasteiger partial charge in [-0.05, 0) is 18.1 Å². The maximum atomic E-state index is 12.0. The van der Waals surface area contributed by atoms with Gasteiger partial charge in [0.2, 0.25) is 11.8 Å². The molecule has 0 aliphatic carbocycles. The van der Waals surface area contributed by atoms with Crippen molar-refractivity contribution in [2.24, 2.45) is 5.92 Å². The second kappa shape index (κ2) is 8.84. The van der Waals surface area contributed by atoms with Gasteiger partial charge in [0.15, 0.2) is 6.61 Å². The van der Waals surface area contributed by atoms with E-state index in [9.17, 15) is 14.4 Å². The normalized spacial score (nSPS) is 16.1. The molecule has 7 nitrogen and oxygen atoms in total. The molecule has 0 saturated carbocycles. The number of hydrogen-bond donors (Lipinski definition) is 3. The summed E-state index contributed by atoms with van der Waals surface area (Å²) in [5.41, 5.74) is 6.59. The van der Waals surface area contributed by atoms with E-state index in [1.165, 1.54) is 0 Å². The molecule has 1 fully saturated rings. The minimum atomic E-state index is -0.467. The van der Waals surface area contributed by atoms with Crippen LogP contribution in [0.5, 0.6) is 5.75 Å². The van der Waals surface area contributed by atoms with Crippen LogP contribution in [0.25, 0.3) is 11.1 Å². The molecule has 2 aromatic rings. The minimum absolute atomic E-state index is 0.0615. The summed E-state index contributed by atoms with van der Waals surface area (Å²) in [5.74, 6) is -0.615. The van der Waals surface area contributed by atoms with Crippen LogP contribution in [0.2, 0.25) is 0 Å². The molecule has 1 aliphatic heterocycles. The monoisotopic (exact) mass is 367 g/mol. The Hall–Kier alpha value is -3.35. The molecule has 0 aromatic heterocycles. The molecule has 3 amide bonds. The first kappa shape index (κ1) is 18.4. The molecule has 2 aromatic carbocycles. The molecule has 1 saturated heterocycles. The van der Waals surface area contributed by atoms with Gasteiger partial charge in [-0.25, -0.2) is 0 Å². The highest BCUT2D eigenvalue weighted by molar-refractivity contribution is 5.86. The molecule has 140 valence electrons. The highest BCUT2D eigenvalue weighted by Crippen LogP contribution is 2.29. The van der Waals surface area contributed by atoms with Crippen molar-refractivity contribution in [2.45, 2.75) is 12.8 Å². The van der Waals surface area contributed by atoms with Crippen molar-refractivity contribution in [3.63, 3.8) is 0 Å². The average molecular weight is 367 g/mol. The fourth-order valence-corrected chi connectivity index (χ4v) is 2.82. The zero-order chi connectivity index (χ0) is 19.1. The molecular weight excluding hydrogens is 346 g/mol. The van der Waals surface area contributed by atoms with Gasteiger partial charge in [-0.15, -0.1) is 0 Å². The highest BCUT2D eigenvalue weighted by atomic mass is 16.5. The van der Waals surface area contributed by atoms with Gasteiger partial charge < -0.3 is 10.1 Å². The molecule has 7 heteroatoms. The molecule has 27 heavy (non-hydrogen) atoms. The van der Waals surface area contributed by atoms with E-state index in [-0.39, 0.29) is 30.9 Å². The highest BCUT2D eigenvalue weighted by Gasteiger charge is 2.24. The van der Waals surface area contributed by atoms with Gasteiger partial charge in [0.05, 0.1) is 5.92 Å². The summed E-state index contributed by atoms with van der Waals surface area (Å²) in [4.78, 5) is 35.1. The quantitative estimate of drug-likeness (QED) is 0.696. The summed E-state index contributed by atoms with van der Waals surface area (Å²) in [6.45, 7) is 0.0486. The first-order valence-electron chi connectivity index (χ1n) is 8.76. The molecule has 0 radical (unpaired) electrons. The van der Waals surface area contributed by atoms with E-state index in [0.29, 0.717) is 18.6 Å². The van der Waals surface area contributed by atoms with Crippen LogP contribution in [0.1, 0.15) is 12.8 Å². The van der Waals surface area contributed by atoms with Gasteiger partial charge in [0.1, 0.15) is 5.75 Å². The van der Waals surface area contributed by atoms with Crippen LogP contribution in [0.15, 0.2) is 54.6 Å². The lowest BCUT2D eigenvalue weighted by Crippen LogP contribution is -2.50. The van der Waals surface area contributed by atoms with Crippen molar-refractivity contribution >= 4 is 17.7 Å². The molecule has 1 aliphatic rings. The van der Waals surface area contributed by atoms with Crippen LogP contribution < -0.4 is 20.9 Å². The van der Waals surface area contributed by atoms with Crippen LogP contribution >= 0.6 is 0 Å². The van der Waals surface area contributed by atoms with Crippen LogP contribution in [-0.4, -0.2) is 30.9 Å². The number of carbonyl (C=O) groups excluding carboxylic acids is 3. The third-order valence-corrected chi connectivity index (χ3v) is 4.29. The number of piperidine rings is 1. The molecule has 1 atom stereocenters. The van der Waals surface area contributed by atoms with Gasteiger partial charge in [-0.1, -0.05) is 48.5 Å². The Morgan fingerprint density at radius 2 is 1.78 bits per heavy atom. The first-order chi connectivity index (χ1) is 13.1. The minimum Gasteiger partial charge on any atom is -0.483 e. The van der Waals surface area contributed by atoms with Crippen molar-refractivity contribution in [3.8, 4) is 16.9 Å². The zero-order valence-corrected chi connectivity index (χ0v) is 14.7. The Morgan fingerprint density at radius 1 is 1.04 bits per heavy atom. The smallest absolute Gasteiger partial charge is 0.276 e. The van der Waals surface area contributed by atoms with Crippen LogP contribution in [0.4, 0.5) is 0 Å². The Balaban J connectivity index is 1.50. The van der Waals surface area contributed by atoms with Crippen molar-refractivity contribution < 1.29 is 19.1 Å². The molecule has 0 bridgehead atoms. The average Bonchev–Trinajstić information content (AvgIpc) is 2.72. The number of carbonyl (C=O) groups is 3. The summed E-state index contributed by atoms with van der Waals surface area (Å²) in [7, 11) is 0. The van der Waals surface area contributed by atoms with Crippen LogP contribution in [0, 0.1) is 5.92 Å². The first-order valence-corrected chi connectivity index (χ1v) is 8.76. The molecule has 3 rings (SSSR count). The number of rotatable bonds is 5. The van der Waals surface area contributed by atoms with Crippen molar-refractivity contribution in [1.29, 1.82) is 0 Å². The van der Waals surface area contributed by atoms with Gasteiger partial charge in [0, 0.05) is 18.5 Å². The van der Waals surface area contributed by atoms with Crippen molar-refractivity contribution in [1.82, 2.24) is 16.2 Å². The summed E-state index contributed by atoms with van der Waals surface area (Å²) in [6.07, 6.45) is 0.778. The van der Waals surface area contributed by atoms with Crippen LogP contribution in [-0.2, 0) is 14.4 Å². The predicted octanol–water partition coefficient (Wildman–Crippen LogP) is 1.41. The van der Waals surface area contributed by atoms with Crippen molar-refractivity contribution in [3.05, 3.63) is 54.6 Å². The van der Waals surface area contributed by atoms with E-state index in [4.69, 9.17) is 4.74 Å². The fourth-order valence-electron chi connectivity index (χ4n) is 2.82.